The normalized spacial score (nSPS) is 10.5. The molecule has 1 radical (unpaired) electrons. The molecule has 3 rings (SSSR count). The minimum Gasteiger partial charge on any atom is -0.256 e. The van der Waals surface area contributed by atoms with E-state index in [2.05, 4.69) is 35.3 Å². The summed E-state index contributed by atoms with van der Waals surface area (Å²) in [6.45, 7) is 0. The molecule has 1 heterocycles. The topological polar surface area (TPSA) is 12.9 Å². The summed E-state index contributed by atoms with van der Waals surface area (Å²) in [5.41, 5.74) is 3.46. The summed E-state index contributed by atoms with van der Waals surface area (Å²) in [6, 6.07) is 21.3. The maximum absolute atomic E-state index is 4.36. The lowest BCUT2D eigenvalue weighted by Gasteiger charge is -2.05. The number of aromatic nitrogens is 1. The molecule has 16 heavy (non-hydrogen) atoms. The molecule has 2 aromatic carbocycles. The monoisotopic (exact) mass is 204 g/mol. The molecule has 3 aromatic rings. The Labute approximate surface area is 94.4 Å². The Bertz CT molecular complexity index is 609. The third kappa shape index (κ3) is 1.47. The number of hydrogen-bond donors (Lipinski definition) is 0. The standard InChI is InChI=1S/C15H10N/c1-2-6-12(7-3-1)13-10-11-16-15-9-5-4-8-14(13)15/h2-11H. The molecule has 75 valence electrons. The molecule has 0 N–H and O–H groups in total. The van der Waals surface area contributed by atoms with Gasteiger partial charge in [0, 0.05) is 11.6 Å². The van der Waals surface area contributed by atoms with Gasteiger partial charge >= 0.3 is 0 Å². The summed E-state index contributed by atoms with van der Waals surface area (Å²) >= 11 is 0. The molecule has 1 heteroatoms. The van der Waals surface area contributed by atoms with E-state index in [-0.39, 0.29) is 0 Å². The number of fused-ring (bicyclic) bond motifs is 1. The number of para-hydroxylation sites is 1. The summed E-state index contributed by atoms with van der Waals surface area (Å²) in [5.74, 6) is 0. The van der Waals surface area contributed by atoms with E-state index in [1.807, 2.05) is 36.5 Å². The van der Waals surface area contributed by atoms with Crippen molar-refractivity contribution in [3.05, 3.63) is 66.9 Å². The van der Waals surface area contributed by atoms with Crippen LogP contribution in [0.5, 0.6) is 0 Å². The predicted molar refractivity (Wildman–Crippen MR) is 66.0 cm³/mol. The molecule has 0 aliphatic rings. The quantitative estimate of drug-likeness (QED) is 0.589. The van der Waals surface area contributed by atoms with E-state index >= 15 is 0 Å². The van der Waals surface area contributed by atoms with Gasteiger partial charge in [0.1, 0.15) is 0 Å². The molecular formula is C15H10N. The van der Waals surface area contributed by atoms with E-state index in [1.54, 1.807) is 0 Å². The van der Waals surface area contributed by atoms with Crippen LogP contribution in [0.15, 0.2) is 60.8 Å². The van der Waals surface area contributed by atoms with Gasteiger partial charge in [0.2, 0.25) is 0 Å². The fourth-order valence-corrected chi connectivity index (χ4v) is 1.91. The lowest BCUT2D eigenvalue weighted by atomic mass is 10.0. The fourth-order valence-electron chi connectivity index (χ4n) is 1.91. The summed E-state index contributed by atoms with van der Waals surface area (Å²) in [4.78, 5) is 4.36. The number of benzene rings is 2. The molecule has 0 unspecified atom stereocenters. The van der Waals surface area contributed by atoms with Gasteiger partial charge in [-0.2, -0.15) is 0 Å². The molecule has 0 aliphatic carbocycles. The van der Waals surface area contributed by atoms with Gasteiger partial charge in [-0.25, -0.2) is 0 Å². The molecule has 0 fully saturated rings. The maximum atomic E-state index is 4.36. The van der Waals surface area contributed by atoms with Crippen LogP contribution in [0.4, 0.5) is 0 Å². The van der Waals surface area contributed by atoms with E-state index in [1.165, 1.54) is 16.5 Å². The average molecular weight is 204 g/mol. The fraction of sp³-hybridized carbons (Fsp3) is 0. The van der Waals surface area contributed by atoms with Crippen LogP contribution in [-0.2, 0) is 0 Å². The zero-order valence-electron chi connectivity index (χ0n) is 8.72. The van der Waals surface area contributed by atoms with Crippen molar-refractivity contribution in [3.8, 4) is 11.1 Å². The Morgan fingerprint density at radius 3 is 2.56 bits per heavy atom. The number of nitrogens with zero attached hydrogens (tertiary/aromatic N) is 1. The highest BCUT2D eigenvalue weighted by molar-refractivity contribution is 5.94. The first-order chi connectivity index (χ1) is 7.95. The maximum Gasteiger partial charge on any atom is 0.0708 e. The molecular weight excluding hydrogens is 194 g/mol. The molecule has 0 amide bonds. The van der Waals surface area contributed by atoms with Crippen molar-refractivity contribution in [2.75, 3.05) is 0 Å². The number of hydrogen-bond acceptors (Lipinski definition) is 1. The van der Waals surface area contributed by atoms with Gasteiger partial charge in [-0.15, -0.1) is 0 Å². The summed E-state index contributed by atoms with van der Waals surface area (Å²) in [6.07, 6.45) is 1.86. The van der Waals surface area contributed by atoms with E-state index < -0.39 is 0 Å². The van der Waals surface area contributed by atoms with Crippen LogP contribution >= 0.6 is 0 Å². The second kappa shape index (κ2) is 3.78. The van der Waals surface area contributed by atoms with Gasteiger partial charge in [0.25, 0.3) is 0 Å². The molecule has 0 bridgehead atoms. The summed E-state index contributed by atoms with van der Waals surface area (Å²) in [7, 11) is 0. The Hall–Kier alpha value is -2.15. The lowest BCUT2D eigenvalue weighted by Crippen LogP contribution is -1.83. The molecule has 0 spiro atoms. The zero-order valence-corrected chi connectivity index (χ0v) is 8.72. The lowest BCUT2D eigenvalue weighted by molar-refractivity contribution is 1.41. The SMILES string of the molecule is [c]1ccc(-c2ccnc3ccccc23)cc1. The first kappa shape index (κ1) is 9.10. The van der Waals surface area contributed by atoms with Gasteiger partial charge in [-0.05, 0) is 29.3 Å². The van der Waals surface area contributed by atoms with Crippen LogP contribution in [0.3, 0.4) is 0 Å². The number of rotatable bonds is 1. The molecule has 1 nitrogen and oxygen atoms in total. The first-order valence-electron chi connectivity index (χ1n) is 5.25. The Morgan fingerprint density at radius 1 is 0.875 bits per heavy atom. The van der Waals surface area contributed by atoms with Crippen LogP contribution in [0, 0.1) is 6.07 Å². The van der Waals surface area contributed by atoms with E-state index in [0.717, 1.165) is 5.52 Å². The molecule has 0 atom stereocenters. The van der Waals surface area contributed by atoms with Crippen molar-refractivity contribution in [1.29, 1.82) is 0 Å². The predicted octanol–water partition coefficient (Wildman–Crippen LogP) is 3.70. The van der Waals surface area contributed by atoms with Gasteiger partial charge in [0.15, 0.2) is 0 Å². The van der Waals surface area contributed by atoms with Crippen LogP contribution < -0.4 is 0 Å². The minimum atomic E-state index is 1.04. The van der Waals surface area contributed by atoms with Gasteiger partial charge in [0.05, 0.1) is 5.52 Å². The minimum absolute atomic E-state index is 1.04. The van der Waals surface area contributed by atoms with Crippen molar-refractivity contribution in [1.82, 2.24) is 4.98 Å². The zero-order chi connectivity index (χ0) is 10.8. The summed E-state index contributed by atoms with van der Waals surface area (Å²) < 4.78 is 0. The largest absolute Gasteiger partial charge is 0.256 e. The van der Waals surface area contributed by atoms with E-state index in [0.29, 0.717) is 0 Å². The molecule has 0 saturated carbocycles. The van der Waals surface area contributed by atoms with E-state index in [4.69, 9.17) is 0 Å². The number of pyridine rings is 1. The third-order valence-corrected chi connectivity index (χ3v) is 2.68. The van der Waals surface area contributed by atoms with E-state index in [9.17, 15) is 0 Å². The van der Waals surface area contributed by atoms with Crippen molar-refractivity contribution >= 4 is 10.9 Å². The highest BCUT2D eigenvalue weighted by Gasteiger charge is 2.02. The van der Waals surface area contributed by atoms with Crippen molar-refractivity contribution in [2.45, 2.75) is 0 Å². The molecule has 0 aliphatic heterocycles. The second-order valence-corrected chi connectivity index (χ2v) is 3.66. The molecule has 0 saturated heterocycles. The van der Waals surface area contributed by atoms with Crippen LogP contribution in [0.1, 0.15) is 0 Å². The van der Waals surface area contributed by atoms with Gasteiger partial charge in [-0.3, -0.25) is 4.98 Å². The van der Waals surface area contributed by atoms with Crippen molar-refractivity contribution in [3.63, 3.8) is 0 Å². The Balaban J connectivity index is 2.32. The smallest absolute Gasteiger partial charge is 0.0708 e. The van der Waals surface area contributed by atoms with Gasteiger partial charge in [-0.1, -0.05) is 42.5 Å². The molecule has 1 aromatic heterocycles. The average Bonchev–Trinajstić information content (AvgIpc) is 2.39. The summed E-state index contributed by atoms with van der Waals surface area (Å²) in [5, 5.41) is 1.19. The van der Waals surface area contributed by atoms with Crippen molar-refractivity contribution in [2.24, 2.45) is 0 Å². The highest BCUT2D eigenvalue weighted by Crippen LogP contribution is 2.26. The van der Waals surface area contributed by atoms with Crippen LogP contribution in [0.25, 0.3) is 22.0 Å². The van der Waals surface area contributed by atoms with Gasteiger partial charge < -0.3 is 0 Å². The van der Waals surface area contributed by atoms with Crippen LogP contribution in [-0.4, -0.2) is 4.98 Å². The third-order valence-electron chi connectivity index (χ3n) is 2.68. The first-order valence-corrected chi connectivity index (χ1v) is 5.25. The van der Waals surface area contributed by atoms with Crippen molar-refractivity contribution < 1.29 is 0 Å². The highest BCUT2D eigenvalue weighted by atomic mass is 14.6. The Kier molecular flexibility index (Phi) is 2.15. The van der Waals surface area contributed by atoms with Crippen LogP contribution in [0.2, 0.25) is 0 Å². The Morgan fingerprint density at radius 2 is 1.69 bits per heavy atom. The second-order valence-electron chi connectivity index (χ2n) is 3.66.